The highest BCUT2D eigenvalue weighted by atomic mass is 79.9. The third-order valence-corrected chi connectivity index (χ3v) is 7.13. The average Bonchev–Trinajstić information content (AvgIpc) is 2.74. The molecule has 1 saturated carbocycles. The Morgan fingerprint density at radius 3 is 2.40 bits per heavy atom. The lowest BCUT2D eigenvalue weighted by Gasteiger charge is -2.35. The van der Waals surface area contributed by atoms with Crippen LogP contribution in [0.5, 0.6) is 0 Å². The number of thioether (sulfide) groups is 1. The number of hydrogen-bond donors (Lipinski definition) is 2. The van der Waals surface area contributed by atoms with Crippen molar-refractivity contribution in [1.29, 1.82) is 0 Å². The lowest BCUT2D eigenvalue weighted by Crippen LogP contribution is -2.48. The van der Waals surface area contributed by atoms with Crippen molar-refractivity contribution in [3.05, 3.63) is 28.7 Å². The van der Waals surface area contributed by atoms with Crippen molar-refractivity contribution in [2.75, 3.05) is 29.9 Å². The third-order valence-electron chi connectivity index (χ3n) is 5.70. The lowest BCUT2D eigenvalue weighted by molar-refractivity contribution is -0.137. The van der Waals surface area contributed by atoms with Gasteiger partial charge in [0.1, 0.15) is 0 Å². The predicted molar refractivity (Wildman–Crippen MR) is 124 cm³/mol. The number of benzene rings is 1. The molecule has 2 aliphatic rings. The summed E-state index contributed by atoms with van der Waals surface area (Å²) in [6.45, 7) is 1.45. The Balaban J connectivity index is 1.30. The number of nitrogens with one attached hydrogen (secondary N) is 2. The van der Waals surface area contributed by atoms with E-state index >= 15 is 0 Å². The molecule has 164 valence electrons. The second-order valence-corrected chi connectivity index (χ2v) is 9.95. The summed E-state index contributed by atoms with van der Waals surface area (Å²) < 4.78 is 0.902. The summed E-state index contributed by atoms with van der Waals surface area (Å²) in [5.74, 6) is 0.838. The standard InChI is InChI=1S/C22H30BrN3O3S/c23-17-7-4-8-19(13-17)25-21(28)15-30-14-20(27)24-18-9-11-26(12-10-18)22(29)16-5-2-1-3-6-16/h4,7-8,13,16,18H,1-3,5-6,9-12,14-15H2,(H,24,27)(H,25,28). The highest BCUT2D eigenvalue weighted by Gasteiger charge is 2.29. The maximum atomic E-state index is 12.6. The summed E-state index contributed by atoms with van der Waals surface area (Å²) in [5.41, 5.74) is 0.731. The predicted octanol–water partition coefficient (Wildman–Crippen LogP) is 3.81. The van der Waals surface area contributed by atoms with E-state index in [2.05, 4.69) is 26.6 Å². The van der Waals surface area contributed by atoms with Gasteiger partial charge in [0.2, 0.25) is 17.7 Å². The number of anilines is 1. The van der Waals surface area contributed by atoms with Gasteiger partial charge in [0.25, 0.3) is 0 Å². The number of nitrogens with zero attached hydrogens (tertiary/aromatic N) is 1. The molecule has 2 fully saturated rings. The summed E-state index contributed by atoms with van der Waals surface area (Å²) >= 11 is 4.68. The molecule has 8 heteroatoms. The molecule has 0 radical (unpaired) electrons. The van der Waals surface area contributed by atoms with Gasteiger partial charge in [-0.15, -0.1) is 11.8 Å². The molecule has 0 aromatic heterocycles. The minimum absolute atomic E-state index is 0.0488. The van der Waals surface area contributed by atoms with Gasteiger partial charge in [-0.3, -0.25) is 14.4 Å². The maximum absolute atomic E-state index is 12.6. The summed E-state index contributed by atoms with van der Waals surface area (Å²) in [7, 11) is 0. The van der Waals surface area contributed by atoms with Crippen LogP contribution >= 0.6 is 27.7 Å². The van der Waals surface area contributed by atoms with Crippen LogP contribution in [0.4, 0.5) is 5.69 Å². The Labute approximate surface area is 191 Å². The molecule has 30 heavy (non-hydrogen) atoms. The van der Waals surface area contributed by atoms with Gasteiger partial charge in [0, 0.05) is 35.2 Å². The van der Waals surface area contributed by atoms with Gasteiger partial charge in [0.05, 0.1) is 11.5 Å². The largest absolute Gasteiger partial charge is 0.353 e. The van der Waals surface area contributed by atoms with E-state index in [9.17, 15) is 14.4 Å². The first kappa shape index (κ1) is 23.1. The van der Waals surface area contributed by atoms with Crippen LogP contribution in [0, 0.1) is 5.92 Å². The van der Waals surface area contributed by atoms with E-state index in [1.807, 2.05) is 29.2 Å². The Kier molecular flexibility index (Phi) is 9.05. The number of halogens is 1. The van der Waals surface area contributed by atoms with E-state index in [-0.39, 0.29) is 35.3 Å². The van der Waals surface area contributed by atoms with Crippen molar-refractivity contribution in [3.63, 3.8) is 0 Å². The number of amides is 3. The highest BCUT2D eigenvalue weighted by molar-refractivity contribution is 9.10. The van der Waals surface area contributed by atoms with E-state index in [4.69, 9.17) is 0 Å². The first-order chi connectivity index (χ1) is 14.5. The number of likely N-dealkylation sites (tertiary alicyclic amines) is 1. The van der Waals surface area contributed by atoms with Crippen LogP contribution in [0.1, 0.15) is 44.9 Å². The third kappa shape index (κ3) is 7.30. The van der Waals surface area contributed by atoms with Crippen LogP contribution in [0.15, 0.2) is 28.7 Å². The smallest absolute Gasteiger partial charge is 0.234 e. The molecule has 2 N–H and O–H groups in total. The molecule has 3 rings (SSSR count). The molecule has 1 aromatic rings. The Morgan fingerprint density at radius 2 is 1.70 bits per heavy atom. The number of carbonyl (C=O) groups is 3. The molecule has 1 saturated heterocycles. The summed E-state index contributed by atoms with van der Waals surface area (Å²) in [4.78, 5) is 38.8. The molecule has 6 nitrogen and oxygen atoms in total. The second kappa shape index (κ2) is 11.7. The number of hydrogen-bond acceptors (Lipinski definition) is 4. The zero-order valence-electron chi connectivity index (χ0n) is 17.2. The van der Waals surface area contributed by atoms with Crippen LogP contribution in [0.25, 0.3) is 0 Å². The van der Waals surface area contributed by atoms with Crippen LogP contribution in [-0.4, -0.2) is 53.3 Å². The Bertz CT molecular complexity index is 747. The second-order valence-electron chi connectivity index (χ2n) is 8.05. The van der Waals surface area contributed by atoms with Crippen molar-refractivity contribution < 1.29 is 14.4 Å². The topological polar surface area (TPSA) is 78.5 Å². The van der Waals surface area contributed by atoms with Gasteiger partial charge in [-0.05, 0) is 43.9 Å². The zero-order chi connectivity index (χ0) is 21.3. The molecule has 0 atom stereocenters. The lowest BCUT2D eigenvalue weighted by atomic mass is 9.87. The molecular weight excluding hydrogens is 466 g/mol. The van der Waals surface area contributed by atoms with Crippen molar-refractivity contribution >= 4 is 51.1 Å². The molecule has 0 bridgehead atoms. The highest BCUT2D eigenvalue weighted by Crippen LogP contribution is 2.26. The number of carbonyl (C=O) groups excluding carboxylic acids is 3. The maximum Gasteiger partial charge on any atom is 0.234 e. The first-order valence-corrected chi connectivity index (χ1v) is 12.7. The van der Waals surface area contributed by atoms with Crippen LogP contribution in [0.3, 0.4) is 0 Å². The van der Waals surface area contributed by atoms with Gasteiger partial charge in [-0.1, -0.05) is 41.3 Å². The van der Waals surface area contributed by atoms with Crippen molar-refractivity contribution in [2.45, 2.75) is 51.0 Å². The summed E-state index contributed by atoms with van der Waals surface area (Å²) in [6.07, 6.45) is 7.25. The molecule has 0 spiro atoms. The van der Waals surface area contributed by atoms with Gasteiger partial charge >= 0.3 is 0 Å². The minimum atomic E-state index is -0.125. The van der Waals surface area contributed by atoms with Crippen LogP contribution in [0.2, 0.25) is 0 Å². The first-order valence-electron chi connectivity index (χ1n) is 10.7. The average molecular weight is 496 g/mol. The minimum Gasteiger partial charge on any atom is -0.353 e. The fraction of sp³-hybridized carbons (Fsp3) is 0.591. The SMILES string of the molecule is O=C(CSCC(=O)NC1CCN(C(=O)C2CCCCC2)CC1)Nc1cccc(Br)c1. The molecule has 1 aliphatic carbocycles. The quantitative estimate of drug-likeness (QED) is 0.602. The fourth-order valence-corrected chi connectivity index (χ4v) is 5.15. The monoisotopic (exact) mass is 495 g/mol. The molecule has 1 aliphatic heterocycles. The molecule has 3 amide bonds. The van der Waals surface area contributed by atoms with Crippen molar-refractivity contribution in [3.8, 4) is 0 Å². The van der Waals surface area contributed by atoms with Gasteiger partial charge in [-0.2, -0.15) is 0 Å². The number of rotatable bonds is 7. The number of piperidine rings is 1. The van der Waals surface area contributed by atoms with E-state index in [1.54, 1.807) is 0 Å². The van der Waals surface area contributed by atoms with Gasteiger partial charge < -0.3 is 15.5 Å². The molecule has 1 aromatic carbocycles. The van der Waals surface area contributed by atoms with E-state index in [0.717, 1.165) is 48.9 Å². The van der Waals surface area contributed by atoms with Gasteiger partial charge in [-0.25, -0.2) is 0 Å². The molecule has 0 unspecified atom stereocenters. The van der Waals surface area contributed by atoms with E-state index < -0.39 is 0 Å². The summed E-state index contributed by atoms with van der Waals surface area (Å²) in [5, 5.41) is 5.87. The normalized spacial score (nSPS) is 18.1. The van der Waals surface area contributed by atoms with Gasteiger partial charge in [0.15, 0.2) is 0 Å². The zero-order valence-corrected chi connectivity index (χ0v) is 19.6. The fourth-order valence-electron chi connectivity index (χ4n) is 4.12. The Hall–Kier alpha value is -1.54. The molecule has 1 heterocycles. The van der Waals surface area contributed by atoms with Crippen LogP contribution < -0.4 is 10.6 Å². The van der Waals surface area contributed by atoms with Crippen LogP contribution in [-0.2, 0) is 14.4 Å². The summed E-state index contributed by atoms with van der Waals surface area (Å²) in [6, 6.07) is 7.52. The molecular formula is C22H30BrN3O3S. The van der Waals surface area contributed by atoms with E-state index in [0.29, 0.717) is 5.91 Å². The van der Waals surface area contributed by atoms with Crippen molar-refractivity contribution in [2.24, 2.45) is 5.92 Å². The Morgan fingerprint density at radius 1 is 1.00 bits per heavy atom. The van der Waals surface area contributed by atoms with E-state index in [1.165, 1.54) is 31.0 Å². The van der Waals surface area contributed by atoms with Crippen molar-refractivity contribution in [1.82, 2.24) is 10.2 Å².